The van der Waals surface area contributed by atoms with Crippen molar-refractivity contribution in [1.29, 1.82) is 0 Å². The van der Waals surface area contributed by atoms with Gasteiger partial charge in [0.15, 0.2) is 5.03 Å². The Morgan fingerprint density at radius 2 is 1.76 bits per heavy atom. The Hall–Kier alpha value is -2.90. The van der Waals surface area contributed by atoms with Crippen molar-refractivity contribution in [2.24, 2.45) is 0 Å². The number of aromatic nitrogens is 2. The number of fused-ring (bicyclic) bond motifs is 1. The zero-order valence-corrected chi connectivity index (χ0v) is 17.5. The third-order valence-electron chi connectivity index (χ3n) is 4.69. The van der Waals surface area contributed by atoms with Crippen LogP contribution in [-0.4, -0.2) is 25.7 Å². The molecule has 0 aliphatic rings. The second-order valence-corrected chi connectivity index (χ2v) is 8.88. The van der Waals surface area contributed by atoms with E-state index in [-0.39, 0.29) is 9.92 Å². The maximum atomic E-state index is 12.9. The summed E-state index contributed by atoms with van der Waals surface area (Å²) in [5.74, 6) is 1.23. The molecule has 4 rings (SSSR count). The van der Waals surface area contributed by atoms with Crippen LogP contribution in [0.5, 0.6) is 5.75 Å². The Kier molecular flexibility index (Phi) is 4.80. The smallest absolute Gasteiger partial charge is 0.223 e. The van der Waals surface area contributed by atoms with E-state index >= 15 is 0 Å². The summed E-state index contributed by atoms with van der Waals surface area (Å²) in [7, 11) is -2.22. The number of methoxy groups -OCH3 is 1. The lowest BCUT2D eigenvalue weighted by atomic mass is 10.0. The molecule has 0 saturated carbocycles. The molecule has 0 aliphatic carbocycles. The average Bonchev–Trinajstić information content (AvgIpc) is 3.04. The summed E-state index contributed by atoms with van der Waals surface area (Å²) >= 11 is 5.86. The molecule has 4 aromatic rings. The molecular weight excluding hydrogens is 412 g/mol. The van der Waals surface area contributed by atoms with Crippen LogP contribution in [0, 0.1) is 13.8 Å². The van der Waals surface area contributed by atoms with Crippen molar-refractivity contribution in [2.45, 2.75) is 23.8 Å². The summed E-state index contributed by atoms with van der Waals surface area (Å²) < 4.78 is 36.7. The third kappa shape index (κ3) is 3.36. The molecule has 2 aromatic carbocycles. The minimum absolute atomic E-state index is 0.0422. The van der Waals surface area contributed by atoms with Gasteiger partial charge in [-0.1, -0.05) is 16.8 Å². The van der Waals surface area contributed by atoms with Gasteiger partial charge < -0.3 is 9.26 Å². The van der Waals surface area contributed by atoms with Gasteiger partial charge in [0.05, 0.1) is 28.8 Å². The van der Waals surface area contributed by atoms with Crippen LogP contribution in [0.2, 0.25) is 5.02 Å². The van der Waals surface area contributed by atoms with Gasteiger partial charge in [-0.25, -0.2) is 13.4 Å². The number of nitrogens with zero attached hydrogens (tertiary/aromatic N) is 2. The highest BCUT2D eigenvalue weighted by Gasteiger charge is 2.21. The lowest BCUT2D eigenvalue weighted by Gasteiger charge is -2.11. The second-order valence-electron chi connectivity index (χ2n) is 6.55. The van der Waals surface area contributed by atoms with Crippen molar-refractivity contribution in [1.82, 2.24) is 10.1 Å². The molecule has 0 unspecified atom stereocenters. The minimum Gasteiger partial charge on any atom is -0.496 e. The molecule has 0 bridgehead atoms. The number of sulfone groups is 1. The average molecular weight is 429 g/mol. The molecule has 6 nitrogen and oxygen atoms in total. The molecule has 0 N–H and O–H groups in total. The fraction of sp³-hybridized carbons (Fsp3) is 0.143. The van der Waals surface area contributed by atoms with Gasteiger partial charge in [0.1, 0.15) is 11.5 Å². The number of benzene rings is 2. The van der Waals surface area contributed by atoms with Gasteiger partial charge in [-0.3, -0.25) is 0 Å². The first-order valence-corrected chi connectivity index (χ1v) is 10.6. The Labute approximate surface area is 173 Å². The molecule has 0 saturated heterocycles. The molecule has 8 heteroatoms. The largest absolute Gasteiger partial charge is 0.496 e. The van der Waals surface area contributed by atoms with Gasteiger partial charge in [-0.05, 0) is 56.3 Å². The highest BCUT2D eigenvalue weighted by molar-refractivity contribution is 7.91. The lowest BCUT2D eigenvalue weighted by Crippen LogP contribution is -2.04. The maximum Gasteiger partial charge on any atom is 0.223 e. The quantitative estimate of drug-likeness (QED) is 0.454. The van der Waals surface area contributed by atoms with Crippen LogP contribution in [0.1, 0.15) is 11.5 Å². The van der Waals surface area contributed by atoms with Crippen molar-refractivity contribution in [3.63, 3.8) is 0 Å². The van der Waals surface area contributed by atoms with Crippen LogP contribution in [0.15, 0.2) is 63.0 Å². The Morgan fingerprint density at radius 3 is 2.38 bits per heavy atom. The summed E-state index contributed by atoms with van der Waals surface area (Å²) in [5, 5.41) is 5.20. The zero-order chi connectivity index (χ0) is 20.8. The van der Waals surface area contributed by atoms with Gasteiger partial charge in [-0.2, -0.15) is 0 Å². The normalized spacial score (nSPS) is 11.7. The molecule has 0 aliphatic heterocycles. The number of rotatable bonds is 4. The van der Waals surface area contributed by atoms with E-state index in [0.717, 1.165) is 22.2 Å². The summed E-state index contributed by atoms with van der Waals surface area (Å²) in [6.45, 7) is 3.69. The first-order chi connectivity index (χ1) is 13.8. The molecule has 0 fully saturated rings. The number of aryl methyl sites for hydroxylation is 2. The topological polar surface area (TPSA) is 82.3 Å². The van der Waals surface area contributed by atoms with E-state index in [2.05, 4.69) is 10.1 Å². The van der Waals surface area contributed by atoms with Crippen LogP contribution >= 0.6 is 11.6 Å². The zero-order valence-electron chi connectivity index (χ0n) is 15.9. The van der Waals surface area contributed by atoms with Crippen LogP contribution in [0.4, 0.5) is 0 Å². The summed E-state index contributed by atoms with van der Waals surface area (Å²) in [5.41, 5.74) is 2.91. The van der Waals surface area contributed by atoms with E-state index in [0.29, 0.717) is 22.0 Å². The highest BCUT2D eigenvalue weighted by Crippen LogP contribution is 2.37. The van der Waals surface area contributed by atoms with Crippen LogP contribution < -0.4 is 4.74 Å². The minimum atomic E-state index is -3.77. The molecule has 2 heterocycles. The van der Waals surface area contributed by atoms with Crippen LogP contribution in [0.3, 0.4) is 0 Å². The van der Waals surface area contributed by atoms with Gasteiger partial charge in [0.25, 0.3) is 0 Å². The monoisotopic (exact) mass is 428 g/mol. The van der Waals surface area contributed by atoms with E-state index < -0.39 is 9.84 Å². The van der Waals surface area contributed by atoms with E-state index in [1.165, 1.54) is 30.3 Å². The van der Waals surface area contributed by atoms with Crippen molar-refractivity contribution >= 4 is 32.3 Å². The lowest BCUT2D eigenvalue weighted by molar-refractivity contribution is 0.393. The van der Waals surface area contributed by atoms with E-state index in [1.807, 2.05) is 19.9 Å². The Morgan fingerprint density at radius 1 is 1.03 bits per heavy atom. The summed E-state index contributed by atoms with van der Waals surface area (Å²) in [6, 6.07) is 12.8. The standard InChI is InChI=1S/C21H17ClN2O4S/c1-12-21(13(2)28-24-12)17-10-14-4-9-20(23-18(14)11-19(17)27-3)29(25,26)16-7-5-15(22)6-8-16/h4-11H,1-3H3. The van der Waals surface area contributed by atoms with Gasteiger partial charge >= 0.3 is 0 Å². The van der Waals surface area contributed by atoms with Gasteiger partial charge in [-0.15, -0.1) is 0 Å². The highest BCUT2D eigenvalue weighted by atomic mass is 35.5. The van der Waals surface area contributed by atoms with Crippen molar-refractivity contribution in [3.05, 3.63) is 65.0 Å². The number of hydrogen-bond donors (Lipinski definition) is 0. The fourth-order valence-corrected chi connectivity index (χ4v) is 4.58. The van der Waals surface area contributed by atoms with E-state index in [4.69, 9.17) is 20.9 Å². The number of halogens is 1. The number of hydrogen-bond acceptors (Lipinski definition) is 6. The number of ether oxygens (including phenoxy) is 1. The van der Waals surface area contributed by atoms with Crippen molar-refractivity contribution in [2.75, 3.05) is 7.11 Å². The van der Waals surface area contributed by atoms with Gasteiger partial charge in [0.2, 0.25) is 9.84 Å². The third-order valence-corrected chi connectivity index (χ3v) is 6.61. The van der Waals surface area contributed by atoms with Gasteiger partial charge in [0, 0.05) is 22.0 Å². The Bertz CT molecular complexity index is 1310. The SMILES string of the molecule is COc1cc2nc(S(=O)(=O)c3ccc(Cl)cc3)ccc2cc1-c1c(C)noc1C. The molecule has 0 spiro atoms. The predicted molar refractivity (Wildman–Crippen MR) is 110 cm³/mol. The Balaban J connectivity index is 1.87. The maximum absolute atomic E-state index is 12.9. The van der Waals surface area contributed by atoms with E-state index in [1.54, 1.807) is 19.2 Å². The van der Waals surface area contributed by atoms with Crippen LogP contribution in [0.25, 0.3) is 22.0 Å². The first kappa shape index (κ1) is 19.4. The molecule has 29 heavy (non-hydrogen) atoms. The summed E-state index contributed by atoms with van der Waals surface area (Å²) in [6.07, 6.45) is 0. The predicted octanol–water partition coefficient (Wildman–Crippen LogP) is 5.00. The van der Waals surface area contributed by atoms with E-state index in [9.17, 15) is 8.42 Å². The molecule has 0 atom stereocenters. The van der Waals surface area contributed by atoms with Crippen LogP contribution in [-0.2, 0) is 9.84 Å². The number of pyridine rings is 1. The molecule has 148 valence electrons. The fourth-order valence-electron chi connectivity index (χ4n) is 3.25. The first-order valence-electron chi connectivity index (χ1n) is 8.74. The molecular formula is C21H17ClN2O4S. The summed E-state index contributed by atoms with van der Waals surface area (Å²) in [4.78, 5) is 4.51. The molecule has 0 amide bonds. The molecule has 2 aromatic heterocycles. The van der Waals surface area contributed by atoms with Crippen molar-refractivity contribution in [3.8, 4) is 16.9 Å². The van der Waals surface area contributed by atoms with Crippen molar-refractivity contribution < 1.29 is 17.7 Å². The second kappa shape index (κ2) is 7.17. The molecule has 0 radical (unpaired) electrons.